The Bertz CT molecular complexity index is 382. The van der Waals surface area contributed by atoms with Gasteiger partial charge in [0.2, 0.25) is 0 Å². The van der Waals surface area contributed by atoms with Gasteiger partial charge in [-0.2, -0.15) is 0 Å². The maximum absolute atomic E-state index is 11.1. The summed E-state index contributed by atoms with van der Waals surface area (Å²) in [7, 11) is -3.46. The van der Waals surface area contributed by atoms with Gasteiger partial charge in [-0.15, -0.1) is 0 Å². The molecule has 0 aliphatic heterocycles. The molecule has 1 aromatic rings. The van der Waals surface area contributed by atoms with Crippen molar-refractivity contribution in [2.45, 2.75) is 11.8 Å². The zero-order chi connectivity index (χ0) is 9.19. The molecule has 0 atom stereocenters. The van der Waals surface area contributed by atoms with Gasteiger partial charge < -0.3 is 0 Å². The van der Waals surface area contributed by atoms with Crippen molar-refractivity contribution >= 4 is 10.0 Å². The summed E-state index contributed by atoms with van der Waals surface area (Å²) >= 11 is 2.31. The SMILES string of the molecule is Cc1ccc(S(=O)(=O)[N]=[Pd])cc1. The number of hydrogen-bond acceptors (Lipinski definition) is 2. The molecule has 0 amide bonds. The van der Waals surface area contributed by atoms with E-state index in [9.17, 15) is 8.42 Å². The van der Waals surface area contributed by atoms with Crippen LogP contribution in [0.1, 0.15) is 5.56 Å². The average molecular weight is 276 g/mol. The summed E-state index contributed by atoms with van der Waals surface area (Å²) in [6.07, 6.45) is 0. The van der Waals surface area contributed by atoms with Crippen LogP contribution in [-0.4, -0.2) is 8.42 Å². The number of sulfonamides is 1. The Morgan fingerprint density at radius 1 is 1.25 bits per heavy atom. The van der Waals surface area contributed by atoms with Gasteiger partial charge in [-0.25, -0.2) is 0 Å². The summed E-state index contributed by atoms with van der Waals surface area (Å²) in [6.45, 7) is 1.89. The Balaban J connectivity index is 3.23. The van der Waals surface area contributed by atoms with E-state index in [1.165, 1.54) is 12.1 Å². The average Bonchev–Trinajstić information content (AvgIpc) is 2.05. The third kappa shape index (κ3) is 2.07. The molecule has 0 unspecified atom stereocenters. The molecule has 0 aliphatic rings. The Labute approximate surface area is 82.1 Å². The Hall–Kier alpha value is -0.368. The van der Waals surface area contributed by atoms with E-state index in [1.54, 1.807) is 12.1 Å². The van der Waals surface area contributed by atoms with Crippen LogP contribution in [0.4, 0.5) is 0 Å². The number of hydrogen-bond donors (Lipinski definition) is 0. The third-order valence-corrected chi connectivity index (χ3v) is 3.54. The molecule has 3 nitrogen and oxygen atoms in total. The predicted octanol–water partition coefficient (Wildman–Crippen LogP) is 1.41. The van der Waals surface area contributed by atoms with Crippen LogP contribution >= 0.6 is 0 Å². The maximum atomic E-state index is 11.1. The fraction of sp³-hybridized carbons (Fsp3) is 0.143. The number of benzene rings is 1. The van der Waals surface area contributed by atoms with Crippen LogP contribution in [0.25, 0.3) is 0 Å². The Morgan fingerprint density at radius 2 is 1.75 bits per heavy atom. The first-order chi connectivity index (χ1) is 5.56. The van der Waals surface area contributed by atoms with Crippen LogP contribution in [0.2, 0.25) is 0 Å². The molecule has 0 fully saturated rings. The second-order valence-electron chi connectivity index (χ2n) is 2.35. The van der Waals surface area contributed by atoms with E-state index < -0.39 is 10.0 Å². The summed E-state index contributed by atoms with van der Waals surface area (Å²) in [5.74, 6) is 0. The summed E-state index contributed by atoms with van der Waals surface area (Å²) < 4.78 is 25.4. The van der Waals surface area contributed by atoms with Gasteiger partial charge in [-0.05, 0) is 0 Å². The zero-order valence-electron chi connectivity index (χ0n) is 6.30. The molecule has 5 heteroatoms. The topological polar surface area (TPSA) is 46.5 Å². The molecular weight excluding hydrogens is 269 g/mol. The van der Waals surface area contributed by atoms with E-state index in [2.05, 4.69) is 22.0 Å². The van der Waals surface area contributed by atoms with Gasteiger partial charge in [-0.1, -0.05) is 0 Å². The molecule has 0 radical (unpaired) electrons. The molecule has 1 aromatic carbocycles. The number of rotatable bonds is 2. The molecule has 0 bridgehead atoms. The van der Waals surface area contributed by atoms with E-state index in [1.807, 2.05) is 6.92 Å². The van der Waals surface area contributed by atoms with Crippen LogP contribution in [0.15, 0.2) is 32.1 Å². The van der Waals surface area contributed by atoms with Crippen molar-refractivity contribution in [1.29, 1.82) is 0 Å². The summed E-state index contributed by atoms with van der Waals surface area (Å²) in [4.78, 5) is 0.208. The van der Waals surface area contributed by atoms with Crippen LogP contribution in [-0.2, 0) is 29.0 Å². The molecule has 68 valence electrons. The number of nitrogens with zero attached hydrogens (tertiary/aromatic N) is 1. The van der Waals surface area contributed by atoms with Crippen molar-refractivity contribution in [2.24, 2.45) is 2.98 Å². The fourth-order valence-corrected chi connectivity index (χ4v) is 1.78. The van der Waals surface area contributed by atoms with Crippen molar-refractivity contribution in [3.63, 3.8) is 0 Å². The minimum absolute atomic E-state index is 0.208. The molecule has 1 rings (SSSR count). The summed E-state index contributed by atoms with van der Waals surface area (Å²) in [5, 5.41) is 0. The van der Waals surface area contributed by atoms with E-state index in [0.717, 1.165) is 5.56 Å². The van der Waals surface area contributed by atoms with Gasteiger partial charge in [0.1, 0.15) is 0 Å². The van der Waals surface area contributed by atoms with Gasteiger partial charge >= 0.3 is 82.1 Å². The number of aryl methyl sites for hydroxylation is 1. The van der Waals surface area contributed by atoms with E-state index in [-0.39, 0.29) is 4.90 Å². The fourth-order valence-electron chi connectivity index (χ4n) is 0.744. The summed E-state index contributed by atoms with van der Waals surface area (Å²) in [6, 6.07) is 6.52. The van der Waals surface area contributed by atoms with E-state index >= 15 is 0 Å². The van der Waals surface area contributed by atoms with Crippen molar-refractivity contribution in [2.75, 3.05) is 0 Å². The monoisotopic (exact) mass is 275 g/mol. The van der Waals surface area contributed by atoms with Crippen molar-refractivity contribution in [3.8, 4) is 0 Å². The quantitative estimate of drug-likeness (QED) is 0.766. The first-order valence-electron chi connectivity index (χ1n) is 3.18. The zero-order valence-corrected chi connectivity index (χ0v) is 8.67. The second-order valence-corrected chi connectivity index (χ2v) is 4.73. The van der Waals surface area contributed by atoms with Crippen LogP contribution in [0.3, 0.4) is 0 Å². The Kier molecular flexibility index (Phi) is 2.89. The van der Waals surface area contributed by atoms with E-state index in [0.29, 0.717) is 0 Å². The summed E-state index contributed by atoms with van der Waals surface area (Å²) in [5.41, 5.74) is 1.02. The minimum atomic E-state index is -3.46. The van der Waals surface area contributed by atoms with Crippen molar-refractivity contribution < 1.29 is 27.4 Å². The van der Waals surface area contributed by atoms with Crippen molar-refractivity contribution in [1.82, 2.24) is 0 Å². The molecular formula is C7H7NO2PdS. The molecule has 0 spiro atoms. The van der Waals surface area contributed by atoms with Crippen molar-refractivity contribution in [3.05, 3.63) is 29.8 Å². The van der Waals surface area contributed by atoms with Crippen LogP contribution < -0.4 is 0 Å². The first kappa shape index (κ1) is 9.72. The van der Waals surface area contributed by atoms with Gasteiger partial charge in [0.15, 0.2) is 0 Å². The van der Waals surface area contributed by atoms with Crippen LogP contribution in [0, 0.1) is 6.92 Å². The molecule has 0 heterocycles. The van der Waals surface area contributed by atoms with Gasteiger partial charge in [0.25, 0.3) is 0 Å². The van der Waals surface area contributed by atoms with E-state index in [4.69, 9.17) is 0 Å². The molecule has 0 aliphatic carbocycles. The molecule has 12 heavy (non-hydrogen) atoms. The van der Waals surface area contributed by atoms with Gasteiger partial charge in [-0.3, -0.25) is 0 Å². The first-order valence-corrected chi connectivity index (χ1v) is 5.32. The molecule has 0 aromatic heterocycles. The van der Waals surface area contributed by atoms with Gasteiger partial charge in [0, 0.05) is 0 Å². The normalized spacial score (nSPS) is 11.2. The Morgan fingerprint density at radius 3 is 2.17 bits per heavy atom. The van der Waals surface area contributed by atoms with Crippen LogP contribution in [0.5, 0.6) is 0 Å². The molecule has 0 saturated carbocycles. The third-order valence-electron chi connectivity index (χ3n) is 1.39. The standard InChI is InChI=1S/C7H7NO2S.Pd/c1-6-2-4-7(5-3-6)11(8,9)10;/h2-5H,1H3;. The second kappa shape index (κ2) is 3.57. The molecule has 0 N–H and O–H groups in total. The van der Waals surface area contributed by atoms with Gasteiger partial charge in [0.05, 0.1) is 0 Å². The molecule has 0 saturated heterocycles. The predicted molar refractivity (Wildman–Crippen MR) is 40.8 cm³/mol.